The Morgan fingerprint density at radius 2 is 1.61 bits per heavy atom. The van der Waals surface area contributed by atoms with Gasteiger partial charge in [0.25, 0.3) is 0 Å². The van der Waals surface area contributed by atoms with Gasteiger partial charge in [0.1, 0.15) is 11.5 Å². The number of nitrogens with one attached hydrogen (secondary N) is 1. The molecule has 0 spiro atoms. The summed E-state index contributed by atoms with van der Waals surface area (Å²) in [5.74, 6) is 0.750. The quantitative estimate of drug-likeness (QED) is 0.249. The van der Waals surface area contributed by atoms with Gasteiger partial charge in [0.2, 0.25) is 5.91 Å². The first-order chi connectivity index (χ1) is 16.1. The molecule has 1 aliphatic rings. The predicted octanol–water partition coefficient (Wildman–Crippen LogP) is 6.71. The number of hydrogen-bond acceptors (Lipinski definition) is 3. The Morgan fingerprint density at radius 3 is 2.27 bits per heavy atom. The maximum Gasteiger partial charge on any atom is 0.244 e. The van der Waals surface area contributed by atoms with E-state index in [2.05, 4.69) is 34.8 Å². The molecule has 0 saturated heterocycles. The third-order valence-electron chi connectivity index (χ3n) is 6.04. The number of nitrogens with zero attached hydrogens (tertiary/aromatic N) is 1. The number of benzene rings is 3. The molecule has 1 unspecified atom stereocenters. The predicted molar refractivity (Wildman–Crippen MR) is 132 cm³/mol. The Morgan fingerprint density at radius 1 is 0.939 bits per heavy atom. The Kier molecular flexibility index (Phi) is 5.79. The zero-order valence-corrected chi connectivity index (χ0v) is 19.1. The molecule has 1 amide bonds. The summed E-state index contributed by atoms with van der Waals surface area (Å²) in [6.45, 7) is 0. The highest BCUT2D eigenvalue weighted by Crippen LogP contribution is 2.58. The standard InChI is InChI=1S/C27H20Cl2N2O2/c28-20-11-13-24(29)22(15-20)25-14-12-21(33-25)17-30-31-26(32)23-16-27(23,18-7-3-1-4-8-18)19-9-5-2-6-10-19/h1-15,17,23H,16H2,(H,31,32). The second kappa shape index (κ2) is 8.89. The highest BCUT2D eigenvalue weighted by molar-refractivity contribution is 6.35. The lowest BCUT2D eigenvalue weighted by atomic mass is 9.85. The molecule has 4 nitrogen and oxygen atoms in total. The molecular formula is C27H20Cl2N2O2. The number of furan rings is 1. The van der Waals surface area contributed by atoms with Gasteiger partial charge in [-0.05, 0) is 47.9 Å². The summed E-state index contributed by atoms with van der Waals surface area (Å²) in [6.07, 6.45) is 2.22. The van der Waals surface area contributed by atoms with Crippen LogP contribution in [0.15, 0.2) is 101 Å². The normalized spacial score (nSPS) is 16.6. The summed E-state index contributed by atoms with van der Waals surface area (Å²) in [4.78, 5) is 13.0. The third kappa shape index (κ3) is 4.20. The zero-order valence-electron chi connectivity index (χ0n) is 17.5. The van der Waals surface area contributed by atoms with E-state index in [-0.39, 0.29) is 17.2 Å². The van der Waals surface area contributed by atoms with Crippen molar-refractivity contribution in [2.24, 2.45) is 11.0 Å². The molecule has 164 valence electrons. The van der Waals surface area contributed by atoms with E-state index in [1.165, 1.54) is 6.21 Å². The van der Waals surface area contributed by atoms with Crippen molar-refractivity contribution < 1.29 is 9.21 Å². The number of rotatable bonds is 6. The van der Waals surface area contributed by atoms with Gasteiger partial charge in [0, 0.05) is 16.0 Å². The van der Waals surface area contributed by atoms with E-state index in [1.54, 1.807) is 30.3 Å². The summed E-state index contributed by atoms with van der Waals surface area (Å²) in [5.41, 5.74) is 5.31. The van der Waals surface area contributed by atoms with Crippen LogP contribution in [-0.2, 0) is 10.2 Å². The van der Waals surface area contributed by atoms with Crippen LogP contribution in [0.1, 0.15) is 23.3 Å². The maximum atomic E-state index is 13.0. The molecule has 5 rings (SSSR count). The largest absolute Gasteiger partial charge is 0.455 e. The Balaban J connectivity index is 1.31. The lowest BCUT2D eigenvalue weighted by molar-refractivity contribution is -0.122. The van der Waals surface area contributed by atoms with Crippen LogP contribution in [0, 0.1) is 5.92 Å². The number of hydrazone groups is 1. The molecule has 1 aliphatic carbocycles. The molecular weight excluding hydrogens is 455 g/mol. The van der Waals surface area contributed by atoms with Crippen molar-refractivity contribution in [2.75, 3.05) is 0 Å². The van der Waals surface area contributed by atoms with Crippen LogP contribution in [0.3, 0.4) is 0 Å². The molecule has 3 aromatic carbocycles. The fourth-order valence-electron chi connectivity index (χ4n) is 4.35. The van der Waals surface area contributed by atoms with Crippen LogP contribution < -0.4 is 5.43 Å². The van der Waals surface area contributed by atoms with E-state index in [9.17, 15) is 4.79 Å². The number of hydrogen-bond donors (Lipinski definition) is 1. The van der Waals surface area contributed by atoms with Gasteiger partial charge in [-0.3, -0.25) is 4.79 Å². The van der Waals surface area contributed by atoms with Crippen LogP contribution in [0.2, 0.25) is 10.0 Å². The molecule has 1 atom stereocenters. The van der Waals surface area contributed by atoms with E-state index in [0.29, 0.717) is 27.1 Å². The summed E-state index contributed by atoms with van der Waals surface area (Å²) in [5, 5.41) is 5.23. The average molecular weight is 475 g/mol. The molecule has 0 aliphatic heterocycles. The van der Waals surface area contributed by atoms with Crippen LogP contribution in [0.4, 0.5) is 0 Å². The van der Waals surface area contributed by atoms with Crippen LogP contribution in [0.25, 0.3) is 11.3 Å². The molecule has 1 N–H and O–H groups in total. The third-order valence-corrected chi connectivity index (χ3v) is 6.61. The van der Waals surface area contributed by atoms with Gasteiger partial charge in [-0.1, -0.05) is 83.9 Å². The van der Waals surface area contributed by atoms with Crippen LogP contribution >= 0.6 is 23.2 Å². The summed E-state index contributed by atoms with van der Waals surface area (Å²) in [7, 11) is 0. The fourth-order valence-corrected chi connectivity index (χ4v) is 4.73. The Bertz CT molecular complexity index is 1280. The molecule has 6 heteroatoms. The van der Waals surface area contributed by atoms with Gasteiger partial charge in [-0.25, -0.2) is 5.43 Å². The van der Waals surface area contributed by atoms with Crippen molar-refractivity contribution in [3.05, 3.63) is 118 Å². The van der Waals surface area contributed by atoms with Crippen LogP contribution in [-0.4, -0.2) is 12.1 Å². The van der Waals surface area contributed by atoms with E-state index in [4.69, 9.17) is 27.6 Å². The molecule has 1 fully saturated rings. The van der Waals surface area contributed by atoms with E-state index in [0.717, 1.165) is 17.5 Å². The SMILES string of the molecule is O=C(NN=Cc1ccc(-c2cc(Cl)ccc2Cl)o1)C1CC1(c1ccccc1)c1ccccc1. The topological polar surface area (TPSA) is 54.6 Å². The minimum Gasteiger partial charge on any atom is -0.455 e. The van der Waals surface area contributed by atoms with Crippen molar-refractivity contribution in [3.8, 4) is 11.3 Å². The van der Waals surface area contributed by atoms with Crippen LogP contribution in [0.5, 0.6) is 0 Å². The molecule has 1 heterocycles. The van der Waals surface area contributed by atoms with Crippen molar-refractivity contribution in [3.63, 3.8) is 0 Å². The van der Waals surface area contributed by atoms with Gasteiger partial charge in [-0.15, -0.1) is 0 Å². The summed E-state index contributed by atoms with van der Waals surface area (Å²) in [6, 6.07) is 29.0. The molecule has 0 bridgehead atoms. The van der Waals surface area contributed by atoms with E-state index in [1.807, 2.05) is 36.4 Å². The lowest BCUT2D eigenvalue weighted by Crippen LogP contribution is -2.25. The van der Waals surface area contributed by atoms with Crippen molar-refractivity contribution >= 4 is 35.3 Å². The van der Waals surface area contributed by atoms with Crippen molar-refractivity contribution in [2.45, 2.75) is 11.8 Å². The van der Waals surface area contributed by atoms with Gasteiger partial charge in [0.05, 0.1) is 17.2 Å². The lowest BCUT2D eigenvalue weighted by Gasteiger charge is -2.18. The maximum absolute atomic E-state index is 13.0. The molecule has 33 heavy (non-hydrogen) atoms. The minimum atomic E-state index is -0.330. The molecule has 1 saturated carbocycles. The summed E-state index contributed by atoms with van der Waals surface area (Å²) >= 11 is 12.3. The zero-order chi connectivity index (χ0) is 22.8. The van der Waals surface area contributed by atoms with Gasteiger partial charge >= 0.3 is 0 Å². The highest BCUT2D eigenvalue weighted by Gasteiger charge is 2.60. The Hall–Kier alpha value is -3.34. The van der Waals surface area contributed by atoms with Crippen molar-refractivity contribution in [1.82, 2.24) is 5.43 Å². The number of amides is 1. The van der Waals surface area contributed by atoms with Gasteiger partial charge in [-0.2, -0.15) is 5.10 Å². The minimum absolute atomic E-state index is 0.122. The first-order valence-electron chi connectivity index (χ1n) is 10.6. The van der Waals surface area contributed by atoms with Gasteiger partial charge < -0.3 is 4.42 Å². The smallest absolute Gasteiger partial charge is 0.244 e. The molecule has 4 aromatic rings. The Labute approximate surface area is 201 Å². The number of halogens is 2. The second-order valence-corrected chi connectivity index (χ2v) is 8.86. The first kappa shape index (κ1) is 21.5. The first-order valence-corrected chi connectivity index (χ1v) is 11.3. The fraction of sp³-hybridized carbons (Fsp3) is 0.111. The number of carbonyl (C=O) groups is 1. The molecule has 0 radical (unpaired) electrons. The van der Waals surface area contributed by atoms with Crippen molar-refractivity contribution in [1.29, 1.82) is 0 Å². The number of carbonyl (C=O) groups excluding carboxylic acids is 1. The summed E-state index contributed by atoms with van der Waals surface area (Å²) < 4.78 is 5.80. The molecule has 1 aromatic heterocycles. The second-order valence-electron chi connectivity index (χ2n) is 8.02. The highest BCUT2D eigenvalue weighted by atomic mass is 35.5. The van der Waals surface area contributed by atoms with Gasteiger partial charge in [0.15, 0.2) is 0 Å². The van der Waals surface area contributed by atoms with E-state index >= 15 is 0 Å². The monoisotopic (exact) mass is 474 g/mol. The average Bonchev–Trinajstić information content (AvgIpc) is 3.45. The van der Waals surface area contributed by atoms with E-state index < -0.39 is 0 Å².